The van der Waals surface area contributed by atoms with Crippen LogP contribution in [0.5, 0.6) is 5.75 Å². The van der Waals surface area contributed by atoms with Crippen LogP contribution in [0, 0.1) is 0 Å². The molecule has 0 aliphatic heterocycles. The number of aromatic nitrogens is 4. The van der Waals surface area contributed by atoms with E-state index in [0.29, 0.717) is 17.3 Å². The lowest BCUT2D eigenvalue weighted by Crippen LogP contribution is -2.20. The normalized spacial score (nSPS) is 10.5. The van der Waals surface area contributed by atoms with E-state index in [-0.39, 0.29) is 23.8 Å². The van der Waals surface area contributed by atoms with Gasteiger partial charge in [-0.05, 0) is 37.3 Å². The van der Waals surface area contributed by atoms with Gasteiger partial charge in [0.25, 0.3) is 5.91 Å². The zero-order valence-corrected chi connectivity index (χ0v) is 16.0. The first-order valence-corrected chi connectivity index (χ1v) is 8.77. The van der Waals surface area contributed by atoms with Crippen LogP contribution in [0.25, 0.3) is 0 Å². The van der Waals surface area contributed by atoms with E-state index in [1.54, 1.807) is 36.5 Å². The third-order valence-corrected chi connectivity index (χ3v) is 4.08. The number of halogens is 1. The number of amides is 1. The highest BCUT2D eigenvalue weighted by molar-refractivity contribution is 6.30. The number of carbonyl (C=O) groups is 2. The van der Waals surface area contributed by atoms with E-state index in [1.165, 1.54) is 22.7 Å². The monoisotopic (exact) mass is 403 g/mol. The number of hydrogen-bond acceptors (Lipinski definition) is 6. The van der Waals surface area contributed by atoms with Crippen LogP contribution in [0.2, 0.25) is 5.02 Å². The molecule has 9 nitrogen and oxygen atoms in total. The summed E-state index contributed by atoms with van der Waals surface area (Å²) in [5.74, 6) is -0.511. The molecule has 0 unspecified atom stereocenters. The summed E-state index contributed by atoms with van der Waals surface area (Å²) in [7, 11) is 1.25. The number of nitrogens with zero attached hydrogens (tertiary/aromatic N) is 4. The summed E-state index contributed by atoms with van der Waals surface area (Å²) in [5.41, 5.74) is 0.542. The van der Waals surface area contributed by atoms with Crippen LogP contribution < -0.4 is 10.1 Å². The maximum atomic E-state index is 12.7. The Bertz CT molecular complexity index is 980. The van der Waals surface area contributed by atoms with Crippen molar-refractivity contribution in [3.05, 3.63) is 59.1 Å². The number of hydrogen-bond donors (Lipinski definition) is 1. The third kappa shape index (κ3) is 4.32. The van der Waals surface area contributed by atoms with E-state index >= 15 is 0 Å². The minimum absolute atomic E-state index is 0.0233. The summed E-state index contributed by atoms with van der Waals surface area (Å²) >= 11 is 5.85. The van der Waals surface area contributed by atoms with Gasteiger partial charge in [0.15, 0.2) is 12.4 Å². The lowest BCUT2D eigenvalue weighted by atomic mass is 10.3. The number of ether oxygens (including phenoxy) is 2. The smallest absolute Gasteiger partial charge is 0.360 e. The minimum atomic E-state index is -0.637. The second kappa shape index (κ2) is 8.57. The molecule has 0 fully saturated rings. The van der Waals surface area contributed by atoms with E-state index in [4.69, 9.17) is 21.1 Å². The predicted molar refractivity (Wildman–Crippen MR) is 102 cm³/mol. The molecule has 1 amide bonds. The highest BCUT2D eigenvalue weighted by Gasteiger charge is 2.21. The molecule has 0 saturated carbocycles. The van der Waals surface area contributed by atoms with E-state index < -0.39 is 11.9 Å². The Morgan fingerprint density at radius 3 is 2.64 bits per heavy atom. The molecular formula is C18H18ClN5O4. The maximum absolute atomic E-state index is 12.7. The number of benzene rings is 1. The van der Waals surface area contributed by atoms with Crippen molar-refractivity contribution in [3.63, 3.8) is 0 Å². The number of nitrogens with one attached hydrogen (secondary N) is 1. The molecule has 1 N–H and O–H groups in total. The summed E-state index contributed by atoms with van der Waals surface area (Å²) < 4.78 is 13.3. The molecule has 2 aromatic heterocycles. The molecule has 146 valence electrons. The second-order valence-corrected chi connectivity index (χ2v) is 6.07. The van der Waals surface area contributed by atoms with Crippen molar-refractivity contribution in [3.8, 4) is 5.75 Å². The van der Waals surface area contributed by atoms with Crippen molar-refractivity contribution in [2.75, 3.05) is 12.4 Å². The molecule has 0 radical (unpaired) electrons. The van der Waals surface area contributed by atoms with Gasteiger partial charge in [-0.1, -0.05) is 11.6 Å². The molecule has 3 rings (SSSR count). The Kier molecular flexibility index (Phi) is 5.95. The Hall–Kier alpha value is -3.33. The van der Waals surface area contributed by atoms with Gasteiger partial charge in [-0.3, -0.25) is 9.48 Å². The molecule has 28 heavy (non-hydrogen) atoms. The molecule has 0 atom stereocenters. The SMILES string of the molecule is CCn1cc(NC(=O)c2ccnn2COc2ccc(Cl)cc2)c(C(=O)OC)n1. The molecule has 0 saturated heterocycles. The quantitative estimate of drug-likeness (QED) is 0.609. The molecule has 0 aliphatic rings. The van der Waals surface area contributed by atoms with Crippen LogP contribution in [0.1, 0.15) is 27.9 Å². The summed E-state index contributed by atoms with van der Waals surface area (Å²) in [4.78, 5) is 24.6. The molecule has 2 heterocycles. The molecular weight excluding hydrogens is 386 g/mol. The Labute approximate surface area is 165 Å². The molecule has 3 aromatic rings. The van der Waals surface area contributed by atoms with Gasteiger partial charge in [-0.25, -0.2) is 9.48 Å². The lowest BCUT2D eigenvalue weighted by molar-refractivity contribution is 0.0594. The summed E-state index contributed by atoms with van der Waals surface area (Å²) in [6.45, 7) is 2.42. The fraction of sp³-hybridized carbons (Fsp3) is 0.222. The van der Waals surface area contributed by atoms with Gasteiger partial charge >= 0.3 is 5.97 Å². The van der Waals surface area contributed by atoms with Crippen molar-refractivity contribution in [1.29, 1.82) is 0 Å². The number of esters is 1. The third-order valence-electron chi connectivity index (χ3n) is 3.83. The standard InChI is InChI=1S/C18H18ClN5O4/c1-3-23-10-14(16(22-23)18(26)27-2)21-17(25)15-8-9-20-24(15)11-28-13-6-4-12(19)5-7-13/h4-10H,3,11H2,1-2H3,(H,21,25). The average Bonchev–Trinajstić information content (AvgIpc) is 3.33. The predicted octanol–water partition coefficient (Wildman–Crippen LogP) is 2.83. The van der Waals surface area contributed by atoms with Crippen LogP contribution in [-0.2, 0) is 18.0 Å². The van der Waals surface area contributed by atoms with E-state index in [1.807, 2.05) is 6.92 Å². The fourth-order valence-electron chi connectivity index (χ4n) is 2.40. The zero-order valence-electron chi connectivity index (χ0n) is 15.3. The topological polar surface area (TPSA) is 100 Å². The average molecular weight is 404 g/mol. The Balaban J connectivity index is 1.74. The van der Waals surface area contributed by atoms with Crippen LogP contribution in [0.3, 0.4) is 0 Å². The highest BCUT2D eigenvalue weighted by Crippen LogP contribution is 2.18. The fourth-order valence-corrected chi connectivity index (χ4v) is 2.53. The zero-order chi connectivity index (χ0) is 20.1. The Morgan fingerprint density at radius 2 is 1.96 bits per heavy atom. The first-order chi connectivity index (χ1) is 13.5. The second-order valence-electron chi connectivity index (χ2n) is 5.64. The van der Waals surface area contributed by atoms with Gasteiger partial charge in [0, 0.05) is 24.0 Å². The first kappa shape index (κ1) is 19.4. The summed E-state index contributed by atoms with van der Waals surface area (Å²) in [6, 6.07) is 8.38. The van der Waals surface area contributed by atoms with E-state index in [0.717, 1.165) is 0 Å². The van der Waals surface area contributed by atoms with E-state index in [9.17, 15) is 9.59 Å². The maximum Gasteiger partial charge on any atom is 0.360 e. The van der Waals surface area contributed by atoms with Crippen molar-refractivity contribution in [2.45, 2.75) is 20.2 Å². The highest BCUT2D eigenvalue weighted by atomic mass is 35.5. The van der Waals surface area contributed by atoms with Crippen LogP contribution >= 0.6 is 11.6 Å². The summed E-state index contributed by atoms with van der Waals surface area (Å²) in [5, 5.41) is 11.5. The number of methoxy groups -OCH3 is 1. The van der Waals surface area contributed by atoms with Gasteiger partial charge in [0.1, 0.15) is 11.4 Å². The van der Waals surface area contributed by atoms with Crippen LogP contribution in [0.15, 0.2) is 42.7 Å². The van der Waals surface area contributed by atoms with Crippen LogP contribution in [0.4, 0.5) is 5.69 Å². The van der Waals surface area contributed by atoms with Gasteiger partial charge in [0.05, 0.1) is 12.8 Å². The number of carbonyl (C=O) groups excluding carboxylic acids is 2. The number of anilines is 1. The Morgan fingerprint density at radius 1 is 1.21 bits per heavy atom. The number of rotatable bonds is 7. The van der Waals surface area contributed by atoms with Crippen LogP contribution in [-0.4, -0.2) is 38.5 Å². The molecule has 0 aliphatic carbocycles. The van der Waals surface area contributed by atoms with Crippen molar-refractivity contribution < 1.29 is 19.1 Å². The van der Waals surface area contributed by atoms with Gasteiger partial charge in [-0.2, -0.15) is 10.2 Å². The van der Waals surface area contributed by atoms with Crippen molar-refractivity contribution in [1.82, 2.24) is 19.6 Å². The molecule has 10 heteroatoms. The minimum Gasteiger partial charge on any atom is -0.471 e. The van der Waals surface area contributed by atoms with Gasteiger partial charge in [-0.15, -0.1) is 0 Å². The number of aryl methyl sites for hydroxylation is 1. The summed E-state index contributed by atoms with van der Waals surface area (Å²) in [6.07, 6.45) is 3.05. The molecule has 0 bridgehead atoms. The lowest BCUT2D eigenvalue weighted by Gasteiger charge is -2.10. The van der Waals surface area contributed by atoms with Gasteiger partial charge in [0.2, 0.25) is 0 Å². The molecule has 0 spiro atoms. The van der Waals surface area contributed by atoms with Crippen molar-refractivity contribution in [2.24, 2.45) is 0 Å². The van der Waals surface area contributed by atoms with E-state index in [2.05, 4.69) is 15.5 Å². The van der Waals surface area contributed by atoms with Gasteiger partial charge < -0.3 is 14.8 Å². The molecule has 1 aromatic carbocycles. The largest absolute Gasteiger partial charge is 0.471 e. The van der Waals surface area contributed by atoms with Crippen molar-refractivity contribution >= 4 is 29.2 Å². The first-order valence-electron chi connectivity index (χ1n) is 8.39.